The molecule has 7 heteroatoms. The molecule has 0 heterocycles. The van der Waals surface area contributed by atoms with E-state index in [0.29, 0.717) is 16.8 Å². The number of hydrogen-bond donors (Lipinski definition) is 2. The van der Waals surface area contributed by atoms with E-state index in [1.54, 1.807) is 48.3 Å². The number of hydrogen-bond acceptors (Lipinski definition) is 3. The summed E-state index contributed by atoms with van der Waals surface area (Å²) in [7, 11) is 1.73. The molecule has 0 aliphatic heterocycles. The zero-order valence-corrected chi connectivity index (χ0v) is 18.9. The van der Waals surface area contributed by atoms with Gasteiger partial charge in [-0.25, -0.2) is 0 Å². The standard InChI is InChI=1S/C23H20BrN3O2S/c1-15-8-9-17(14-20(15)24)21(28)26-23(30)25-18-12-10-16(11-13-18)22(29)27(2)19-6-4-3-5-7-19/h3-14H,1-2H3,(H2,25,26,28,30). The van der Waals surface area contributed by atoms with Crippen molar-refractivity contribution in [2.75, 3.05) is 17.3 Å². The van der Waals surface area contributed by atoms with E-state index in [1.807, 2.05) is 43.3 Å². The number of thiocarbonyl (C=S) groups is 1. The average Bonchev–Trinajstić information content (AvgIpc) is 2.75. The Morgan fingerprint density at radius 1 is 0.933 bits per heavy atom. The van der Waals surface area contributed by atoms with Crippen molar-refractivity contribution in [2.45, 2.75) is 6.92 Å². The molecule has 2 N–H and O–H groups in total. The number of nitrogens with zero attached hydrogens (tertiary/aromatic N) is 1. The zero-order valence-electron chi connectivity index (χ0n) is 16.5. The van der Waals surface area contributed by atoms with Crippen LogP contribution in [0.25, 0.3) is 0 Å². The predicted molar refractivity (Wildman–Crippen MR) is 128 cm³/mol. The van der Waals surface area contributed by atoms with E-state index in [2.05, 4.69) is 26.6 Å². The van der Waals surface area contributed by atoms with Crippen molar-refractivity contribution in [3.63, 3.8) is 0 Å². The van der Waals surface area contributed by atoms with Crippen LogP contribution in [0.4, 0.5) is 11.4 Å². The van der Waals surface area contributed by atoms with Crippen LogP contribution in [0.5, 0.6) is 0 Å². The number of benzene rings is 3. The Balaban J connectivity index is 1.61. The number of anilines is 2. The van der Waals surface area contributed by atoms with Crippen LogP contribution in [0.3, 0.4) is 0 Å². The van der Waals surface area contributed by atoms with Crippen molar-refractivity contribution in [3.8, 4) is 0 Å². The Hall–Kier alpha value is -3.03. The van der Waals surface area contributed by atoms with Gasteiger partial charge in [0.2, 0.25) is 0 Å². The molecule has 0 atom stereocenters. The minimum Gasteiger partial charge on any atom is -0.332 e. The highest BCUT2D eigenvalue weighted by Crippen LogP contribution is 2.18. The fourth-order valence-electron chi connectivity index (χ4n) is 2.73. The minimum atomic E-state index is -0.301. The molecule has 0 bridgehead atoms. The second-order valence-corrected chi connectivity index (χ2v) is 7.91. The van der Waals surface area contributed by atoms with Gasteiger partial charge >= 0.3 is 0 Å². The summed E-state index contributed by atoms with van der Waals surface area (Å²) in [6.45, 7) is 1.95. The van der Waals surface area contributed by atoms with Crippen molar-refractivity contribution in [2.24, 2.45) is 0 Å². The maximum atomic E-state index is 12.7. The third-order valence-corrected chi connectivity index (χ3v) is 5.56. The predicted octanol–water partition coefficient (Wildman–Crippen LogP) is 5.16. The summed E-state index contributed by atoms with van der Waals surface area (Å²) in [5, 5.41) is 5.79. The first-order valence-electron chi connectivity index (χ1n) is 9.17. The lowest BCUT2D eigenvalue weighted by molar-refractivity contribution is 0.0974. The van der Waals surface area contributed by atoms with Crippen LogP contribution in [0.2, 0.25) is 0 Å². The van der Waals surface area contributed by atoms with Crippen molar-refractivity contribution in [1.82, 2.24) is 5.32 Å². The van der Waals surface area contributed by atoms with Crippen molar-refractivity contribution in [1.29, 1.82) is 0 Å². The number of carbonyl (C=O) groups excluding carboxylic acids is 2. The summed E-state index contributed by atoms with van der Waals surface area (Å²) in [6.07, 6.45) is 0. The van der Waals surface area contributed by atoms with E-state index in [0.717, 1.165) is 15.7 Å². The quantitative estimate of drug-likeness (QED) is 0.505. The first kappa shape index (κ1) is 21.7. The largest absolute Gasteiger partial charge is 0.332 e. The smallest absolute Gasteiger partial charge is 0.258 e. The molecule has 30 heavy (non-hydrogen) atoms. The van der Waals surface area contributed by atoms with Crippen LogP contribution in [0.15, 0.2) is 77.3 Å². The molecule has 0 radical (unpaired) electrons. The van der Waals surface area contributed by atoms with E-state index in [1.165, 1.54) is 0 Å². The lowest BCUT2D eigenvalue weighted by atomic mass is 10.1. The molecule has 0 spiro atoms. The first-order valence-corrected chi connectivity index (χ1v) is 10.4. The Labute approximate surface area is 189 Å². The van der Waals surface area contributed by atoms with Crippen LogP contribution >= 0.6 is 28.1 Å². The van der Waals surface area contributed by atoms with Gasteiger partial charge in [-0.2, -0.15) is 0 Å². The third-order valence-electron chi connectivity index (χ3n) is 4.50. The van der Waals surface area contributed by atoms with Gasteiger partial charge in [-0.05, 0) is 73.2 Å². The molecule has 0 aliphatic carbocycles. The van der Waals surface area contributed by atoms with Crippen molar-refractivity contribution >= 4 is 56.4 Å². The summed E-state index contributed by atoms with van der Waals surface area (Å²) in [6, 6.07) is 21.7. The highest BCUT2D eigenvalue weighted by molar-refractivity contribution is 9.10. The molecule has 0 fully saturated rings. The number of carbonyl (C=O) groups is 2. The van der Waals surface area contributed by atoms with E-state index in [4.69, 9.17) is 12.2 Å². The topological polar surface area (TPSA) is 61.4 Å². The van der Waals surface area contributed by atoms with Crippen LogP contribution < -0.4 is 15.5 Å². The molecule has 0 saturated heterocycles. The van der Waals surface area contributed by atoms with E-state index in [-0.39, 0.29) is 16.9 Å². The second kappa shape index (κ2) is 9.65. The van der Waals surface area contributed by atoms with Crippen molar-refractivity contribution < 1.29 is 9.59 Å². The molecule has 2 amide bonds. The molecular formula is C23H20BrN3O2S. The molecule has 0 aromatic heterocycles. The van der Waals surface area contributed by atoms with Gasteiger partial charge in [0.05, 0.1) is 0 Å². The maximum absolute atomic E-state index is 12.7. The third kappa shape index (κ3) is 5.31. The highest BCUT2D eigenvalue weighted by atomic mass is 79.9. The number of nitrogens with one attached hydrogen (secondary N) is 2. The van der Waals surface area contributed by atoms with E-state index in [9.17, 15) is 9.59 Å². The number of amides is 2. The lowest BCUT2D eigenvalue weighted by Gasteiger charge is -2.17. The molecule has 5 nitrogen and oxygen atoms in total. The van der Waals surface area contributed by atoms with Crippen molar-refractivity contribution in [3.05, 3.63) is 94.0 Å². The van der Waals surface area contributed by atoms with Gasteiger partial charge in [0.25, 0.3) is 11.8 Å². The summed E-state index contributed by atoms with van der Waals surface area (Å²) < 4.78 is 0.856. The number of para-hydroxylation sites is 1. The minimum absolute atomic E-state index is 0.117. The highest BCUT2D eigenvalue weighted by Gasteiger charge is 2.14. The van der Waals surface area contributed by atoms with Gasteiger partial charge in [-0.3, -0.25) is 14.9 Å². The molecular weight excluding hydrogens is 462 g/mol. The number of rotatable bonds is 4. The Morgan fingerprint density at radius 3 is 2.20 bits per heavy atom. The molecule has 3 aromatic rings. The van der Waals surface area contributed by atoms with Gasteiger partial charge in [-0.1, -0.05) is 40.2 Å². The van der Waals surface area contributed by atoms with Gasteiger partial charge in [0.15, 0.2) is 5.11 Å². The molecule has 152 valence electrons. The SMILES string of the molecule is Cc1ccc(C(=O)NC(=S)Nc2ccc(C(=O)N(C)c3ccccc3)cc2)cc1Br. The molecule has 3 rings (SSSR count). The van der Waals surface area contributed by atoms with Gasteiger partial charge in [0.1, 0.15) is 0 Å². The van der Waals surface area contributed by atoms with Gasteiger partial charge < -0.3 is 10.2 Å². The van der Waals surface area contributed by atoms with E-state index < -0.39 is 0 Å². The second-order valence-electron chi connectivity index (χ2n) is 6.65. The molecule has 0 aliphatic rings. The van der Waals surface area contributed by atoms with Gasteiger partial charge in [0, 0.05) is 34.0 Å². The Bertz CT molecular complexity index is 1090. The summed E-state index contributed by atoms with van der Waals surface area (Å²) in [5.41, 5.74) is 3.58. The molecule has 3 aromatic carbocycles. The fraction of sp³-hybridized carbons (Fsp3) is 0.0870. The maximum Gasteiger partial charge on any atom is 0.258 e. The normalized spacial score (nSPS) is 10.2. The lowest BCUT2D eigenvalue weighted by Crippen LogP contribution is -2.34. The summed E-state index contributed by atoms with van der Waals surface area (Å²) >= 11 is 8.65. The zero-order chi connectivity index (χ0) is 21.7. The summed E-state index contributed by atoms with van der Waals surface area (Å²) in [4.78, 5) is 26.6. The monoisotopic (exact) mass is 481 g/mol. The fourth-order valence-corrected chi connectivity index (χ4v) is 3.32. The number of aryl methyl sites for hydroxylation is 1. The average molecular weight is 482 g/mol. The summed E-state index contributed by atoms with van der Waals surface area (Å²) in [5.74, 6) is -0.418. The van der Waals surface area contributed by atoms with Crippen LogP contribution in [-0.2, 0) is 0 Å². The molecule has 0 saturated carbocycles. The first-order chi connectivity index (χ1) is 14.3. The van der Waals surface area contributed by atoms with Crippen LogP contribution in [0, 0.1) is 6.92 Å². The van der Waals surface area contributed by atoms with Crippen LogP contribution in [-0.4, -0.2) is 24.0 Å². The number of halogens is 1. The van der Waals surface area contributed by atoms with Crippen LogP contribution in [0.1, 0.15) is 26.3 Å². The molecule has 0 unspecified atom stereocenters. The van der Waals surface area contributed by atoms with Gasteiger partial charge in [-0.15, -0.1) is 0 Å². The Kier molecular flexibility index (Phi) is 6.97. The van der Waals surface area contributed by atoms with E-state index >= 15 is 0 Å². The Morgan fingerprint density at radius 2 is 1.57 bits per heavy atom.